The summed E-state index contributed by atoms with van der Waals surface area (Å²) in [7, 11) is 1.54. The highest BCUT2D eigenvalue weighted by Crippen LogP contribution is 2.28. The lowest BCUT2D eigenvalue weighted by Crippen LogP contribution is -2.35. The number of aliphatic carboxylic acids is 1. The molecule has 0 spiro atoms. The van der Waals surface area contributed by atoms with Gasteiger partial charge < -0.3 is 15.2 Å². The number of rotatable bonds is 7. The summed E-state index contributed by atoms with van der Waals surface area (Å²) in [5.74, 6) is -0.687. The van der Waals surface area contributed by atoms with Crippen molar-refractivity contribution in [3.8, 4) is 5.75 Å². The number of halogens is 1. The predicted octanol–water partition coefficient (Wildman–Crippen LogP) is 1.69. The Morgan fingerprint density at radius 3 is 2.79 bits per heavy atom. The molecule has 0 aliphatic heterocycles. The number of nitrogens with zero attached hydrogens (tertiary/aromatic N) is 1. The van der Waals surface area contributed by atoms with Crippen molar-refractivity contribution in [1.82, 2.24) is 5.32 Å². The van der Waals surface area contributed by atoms with Crippen LogP contribution in [0.25, 0.3) is 0 Å². The van der Waals surface area contributed by atoms with Gasteiger partial charge in [0, 0.05) is 18.6 Å². The summed E-state index contributed by atoms with van der Waals surface area (Å²) in [5, 5.41) is 22.1. The van der Waals surface area contributed by atoms with E-state index in [0.29, 0.717) is 0 Å². The average molecular weight is 289 g/mol. The van der Waals surface area contributed by atoms with Crippen molar-refractivity contribution in [2.45, 2.75) is 12.5 Å². The monoisotopic (exact) mass is 288 g/mol. The molecule has 19 heavy (non-hydrogen) atoms. The van der Waals surface area contributed by atoms with Gasteiger partial charge in [0.15, 0.2) is 0 Å². The standard InChI is InChI=1S/C11H13ClN2O5/c1-13-9(11(15)16)4-5-19-10-3-2-7(14(17)18)6-8(10)12/h2-3,6,9,13H,4-5H2,1H3,(H,15,16). The van der Waals surface area contributed by atoms with Gasteiger partial charge in [-0.1, -0.05) is 11.6 Å². The molecule has 104 valence electrons. The fourth-order valence-corrected chi connectivity index (χ4v) is 1.63. The van der Waals surface area contributed by atoms with Gasteiger partial charge in [-0.15, -0.1) is 0 Å². The van der Waals surface area contributed by atoms with Gasteiger partial charge in [0.2, 0.25) is 0 Å². The van der Waals surface area contributed by atoms with Gasteiger partial charge in [-0.05, 0) is 13.1 Å². The molecule has 0 bridgehead atoms. The van der Waals surface area contributed by atoms with Gasteiger partial charge in [-0.25, -0.2) is 0 Å². The van der Waals surface area contributed by atoms with Crippen molar-refractivity contribution >= 4 is 23.3 Å². The van der Waals surface area contributed by atoms with E-state index < -0.39 is 16.9 Å². The second-order valence-corrected chi connectivity index (χ2v) is 4.10. The van der Waals surface area contributed by atoms with Gasteiger partial charge >= 0.3 is 5.97 Å². The molecule has 0 aliphatic carbocycles. The lowest BCUT2D eigenvalue weighted by Gasteiger charge is -2.12. The molecule has 1 aromatic rings. The van der Waals surface area contributed by atoms with Crippen molar-refractivity contribution in [3.63, 3.8) is 0 Å². The zero-order valence-electron chi connectivity index (χ0n) is 10.1. The summed E-state index contributed by atoms with van der Waals surface area (Å²) in [6.07, 6.45) is 0.249. The Morgan fingerprint density at radius 2 is 2.32 bits per heavy atom. The van der Waals surface area contributed by atoms with Crippen molar-refractivity contribution in [2.24, 2.45) is 0 Å². The third kappa shape index (κ3) is 4.38. The van der Waals surface area contributed by atoms with Crippen LogP contribution >= 0.6 is 11.6 Å². The number of nitro groups is 1. The second kappa shape index (κ2) is 6.91. The molecule has 1 aromatic carbocycles. The molecule has 2 N–H and O–H groups in total. The Hall–Kier alpha value is -1.86. The van der Waals surface area contributed by atoms with Crippen LogP contribution in [0.1, 0.15) is 6.42 Å². The zero-order valence-corrected chi connectivity index (χ0v) is 10.9. The highest BCUT2D eigenvalue weighted by atomic mass is 35.5. The molecular formula is C11H13ClN2O5. The van der Waals surface area contributed by atoms with Crippen molar-refractivity contribution in [1.29, 1.82) is 0 Å². The van der Waals surface area contributed by atoms with E-state index >= 15 is 0 Å². The van der Waals surface area contributed by atoms with E-state index in [4.69, 9.17) is 21.4 Å². The average Bonchev–Trinajstić information content (AvgIpc) is 2.35. The Bertz CT molecular complexity index is 480. The molecule has 1 atom stereocenters. The fourth-order valence-electron chi connectivity index (χ4n) is 1.40. The summed E-state index contributed by atoms with van der Waals surface area (Å²) in [6, 6.07) is 3.13. The topological polar surface area (TPSA) is 102 Å². The van der Waals surface area contributed by atoms with Crippen LogP contribution < -0.4 is 10.1 Å². The predicted molar refractivity (Wildman–Crippen MR) is 68.7 cm³/mol. The minimum Gasteiger partial charge on any atom is -0.492 e. The highest BCUT2D eigenvalue weighted by Gasteiger charge is 2.15. The van der Waals surface area contributed by atoms with Crippen LogP contribution in [-0.2, 0) is 4.79 Å². The van der Waals surface area contributed by atoms with Gasteiger partial charge in [0.05, 0.1) is 16.6 Å². The molecule has 8 heteroatoms. The zero-order chi connectivity index (χ0) is 14.4. The number of non-ortho nitro benzene ring substituents is 1. The summed E-state index contributed by atoms with van der Waals surface area (Å²) < 4.78 is 5.30. The number of carboxylic acids is 1. The maximum absolute atomic E-state index is 10.7. The summed E-state index contributed by atoms with van der Waals surface area (Å²) >= 11 is 5.82. The molecule has 0 radical (unpaired) electrons. The molecule has 1 unspecified atom stereocenters. The van der Waals surface area contributed by atoms with Crippen molar-refractivity contribution in [3.05, 3.63) is 33.3 Å². The molecule has 0 saturated heterocycles. The molecule has 0 heterocycles. The summed E-state index contributed by atoms with van der Waals surface area (Å²) in [6.45, 7) is 0.134. The van der Waals surface area contributed by atoms with E-state index in [0.717, 1.165) is 0 Å². The first-order chi connectivity index (χ1) is 8.95. The van der Waals surface area contributed by atoms with Gasteiger partial charge in [-0.2, -0.15) is 0 Å². The number of nitro benzene ring substituents is 1. The van der Waals surface area contributed by atoms with Crippen molar-refractivity contribution in [2.75, 3.05) is 13.7 Å². The molecule has 0 aromatic heterocycles. The number of hydrogen-bond acceptors (Lipinski definition) is 5. The van der Waals surface area contributed by atoms with Gasteiger partial charge in [0.25, 0.3) is 5.69 Å². The quantitative estimate of drug-likeness (QED) is 0.585. The lowest BCUT2D eigenvalue weighted by atomic mass is 10.2. The molecule has 0 fully saturated rings. The maximum atomic E-state index is 10.7. The number of nitrogens with one attached hydrogen (secondary N) is 1. The highest BCUT2D eigenvalue weighted by molar-refractivity contribution is 6.32. The minimum absolute atomic E-state index is 0.116. The van der Waals surface area contributed by atoms with E-state index in [1.165, 1.54) is 25.2 Å². The number of carboxylic acid groups (broad SMARTS) is 1. The molecular weight excluding hydrogens is 276 g/mol. The Labute approximate surface area is 114 Å². The van der Waals surface area contributed by atoms with Crippen LogP contribution in [0.4, 0.5) is 5.69 Å². The van der Waals surface area contributed by atoms with Gasteiger partial charge in [-0.3, -0.25) is 14.9 Å². The maximum Gasteiger partial charge on any atom is 0.320 e. The first-order valence-corrected chi connectivity index (χ1v) is 5.80. The SMILES string of the molecule is CNC(CCOc1ccc([N+](=O)[O-])cc1Cl)C(=O)O. The lowest BCUT2D eigenvalue weighted by molar-refractivity contribution is -0.384. The molecule has 7 nitrogen and oxygen atoms in total. The first kappa shape index (κ1) is 15.2. The summed E-state index contributed by atoms with van der Waals surface area (Å²) in [4.78, 5) is 20.7. The fraction of sp³-hybridized carbons (Fsp3) is 0.364. The number of benzene rings is 1. The van der Waals surface area contributed by atoms with Crippen LogP contribution in [0.5, 0.6) is 5.75 Å². The Balaban J connectivity index is 2.59. The number of hydrogen-bond donors (Lipinski definition) is 2. The first-order valence-electron chi connectivity index (χ1n) is 5.42. The molecule has 0 saturated carbocycles. The van der Waals surface area contributed by atoms with E-state index in [-0.39, 0.29) is 29.5 Å². The summed E-state index contributed by atoms with van der Waals surface area (Å²) in [5.41, 5.74) is -0.129. The largest absolute Gasteiger partial charge is 0.492 e. The van der Waals surface area contributed by atoms with E-state index in [9.17, 15) is 14.9 Å². The Morgan fingerprint density at radius 1 is 1.63 bits per heavy atom. The third-order valence-electron chi connectivity index (χ3n) is 2.44. The van der Waals surface area contributed by atoms with E-state index in [1.54, 1.807) is 0 Å². The van der Waals surface area contributed by atoms with Crippen LogP contribution in [0, 0.1) is 10.1 Å². The van der Waals surface area contributed by atoms with Crippen LogP contribution in [0.3, 0.4) is 0 Å². The normalized spacial score (nSPS) is 11.9. The molecule has 1 rings (SSSR count). The van der Waals surface area contributed by atoms with Crippen molar-refractivity contribution < 1.29 is 19.6 Å². The minimum atomic E-state index is -0.971. The number of carbonyl (C=O) groups is 1. The van der Waals surface area contributed by atoms with Crippen LogP contribution in [0.2, 0.25) is 5.02 Å². The van der Waals surface area contributed by atoms with Crippen LogP contribution in [0.15, 0.2) is 18.2 Å². The Kier molecular flexibility index (Phi) is 5.53. The van der Waals surface area contributed by atoms with E-state index in [2.05, 4.69) is 5.32 Å². The number of ether oxygens (including phenoxy) is 1. The molecule has 0 amide bonds. The third-order valence-corrected chi connectivity index (χ3v) is 2.73. The molecule has 0 aliphatic rings. The number of likely N-dealkylation sites (N-methyl/N-ethyl adjacent to an activating group) is 1. The second-order valence-electron chi connectivity index (χ2n) is 3.69. The van der Waals surface area contributed by atoms with Gasteiger partial charge in [0.1, 0.15) is 11.8 Å². The van der Waals surface area contributed by atoms with Crippen LogP contribution in [-0.4, -0.2) is 35.7 Å². The smallest absolute Gasteiger partial charge is 0.320 e. The van der Waals surface area contributed by atoms with E-state index in [1.807, 2.05) is 0 Å².